The second-order valence-electron chi connectivity index (χ2n) is 6.80. The van der Waals surface area contributed by atoms with E-state index in [4.69, 9.17) is 5.11 Å². The van der Waals surface area contributed by atoms with Gasteiger partial charge in [0.15, 0.2) is 0 Å². The minimum atomic E-state index is -0.156. The Bertz CT molecular complexity index is 771. The van der Waals surface area contributed by atoms with E-state index >= 15 is 0 Å². The number of imidazole rings is 1. The van der Waals surface area contributed by atoms with Crippen LogP contribution in [-0.2, 0) is 0 Å². The summed E-state index contributed by atoms with van der Waals surface area (Å²) in [6.45, 7) is 2.63. The second kappa shape index (κ2) is 7.21. The summed E-state index contributed by atoms with van der Waals surface area (Å²) in [4.78, 5) is 27.4. The van der Waals surface area contributed by atoms with Gasteiger partial charge in [0, 0.05) is 24.8 Å². The largest absolute Gasteiger partial charge is 0.396 e. The molecule has 6 heteroatoms. The van der Waals surface area contributed by atoms with Crippen LogP contribution in [0.4, 0.5) is 0 Å². The van der Waals surface area contributed by atoms with Gasteiger partial charge in [-0.25, -0.2) is 4.79 Å². The molecular weight excluding hydrogens is 306 g/mol. The normalized spacial score (nSPS) is 16.6. The number of aliphatic hydroxyl groups is 1. The summed E-state index contributed by atoms with van der Waals surface area (Å²) in [5.74, 6) is 0.0714. The van der Waals surface area contributed by atoms with Gasteiger partial charge in [-0.2, -0.15) is 0 Å². The SMILES string of the molecule is CC(CCO)CNC(=O)c1ccc2c(c1)[nH]c(=O)n2C1CCCC1. The molecule has 1 saturated carbocycles. The number of amides is 1. The van der Waals surface area contributed by atoms with Crippen LogP contribution in [0, 0.1) is 5.92 Å². The first-order valence-corrected chi connectivity index (χ1v) is 8.73. The summed E-state index contributed by atoms with van der Waals surface area (Å²) in [7, 11) is 0. The number of benzene rings is 1. The van der Waals surface area contributed by atoms with Crippen molar-refractivity contribution in [1.82, 2.24) is 14.9 Å². The standard InChI is InChI=1S/C18H25N3O3/c1-12(8-9-22)11-19-17(23)13-6-7-16-15(10-13)20-18(24)21(16)14-4-2-3-5-14/h6-7,10,12,14,22H,2-5,8-9,11H2,1H3,(H,19,23)(H,20,24). The van der Waals surface area contributed by atoms with Gasteiger partial charge in [-0.3, -0.25) is 9.36 Å². The van der Waals surface area contributed by atoms with Gasteiger partial charge < -0.3 is 15.4 Å². The van der Waals surface area contributed by atoms with E-state index in [0.29, 0.717) is 24.0 Å². The first-order chi connectivity index (χ1) is 11.6. The maximum atomic E-state index is 12.3. The first-order valence-electron chi connectivity index (χ1n) is 8.73. The van der Waals surface area contributed by atoms with Crippen molar-refractivity contribution in [3.63, 3.8) is 0 Å². The van der Waals surface area contributed by atoms with E-state index in [9.17, 15) is 9.59 Å². The van der Waals surface area contributed by atoms with Crippen LogP contribution in [0.15, 0.2) is 23.0 Å². The van der Waals surface area contributed by atoms with E-state index < -0.39 is 0 Å². The number of carbonyl (C=O) groups excluding carboxylic acids is 1. The number of nitrogens with zero attached hydrogens (tertiary/aromatic N) is 1. The van der Waals surface area contributed by atoms with Gasteiger partial charge in [0.25, 0.3) is 5.91 Å². The zero-order valence-corrected chi connectivity index (χ0v) is 14.0. The lowest BCUT2D eigenvalue weighted by molar-refractivity contribution is 0.0945. The van der Waals surface area contributed by atoms with Gasteiger partial charge in [-0.1, -0.05) is 19.8 Å². The van der Waals surface area contributed by atoms with Crippen molar-refractivity contribution < 1.29 is 9.90 Å². The lowest BCUT2D eigenvalue weighted by atomic mass is 10.1. The summed E-state index contributed by atoms with van der Waals surface area (Å²) in [6, 6.07) is 5.64. The Balaban J connectivity index is 1.79. The number of fused-ring (bicyclic) bond motifs is 1. The summed E-state index contributed by atoms with van der Waals surface area (Å²) >= 11 is 0. The second-order valence-corrected chi connectivity index (χ2v) is 6.80. The number of hydrogen-bond donors (Lipinski definition) is 3. The van der Waals surface area contributed by atoms with Crippen LogP contribution < -0.4 is 11.0 Å². The molecule has 1 aliphatic carbocycles. The molecule has 6 nitrogen and oxygen atoms in total. The number of nitrogens with one attached hydrogen (secondary N) is 2. The molecule has 0 bridgehead atoms. The first kappa shape index (κ1) is 16.8. The van der Waals surface area contributed by atoms with Gasteiger partial charge in [-0.05, 0) is 43.4 Å². The lowest BCUT2D eigenvalue weighted by Crippen LogP contribution is -2.28. The summed E-state index contributed by atoms with van der Waals surface area (Å²) < 4.78 is 1.84. The quantitative estimate of drug-likeness (QED) is 0.758. The third-order valence-electron chi connectivity index (χ3n) is 4.90. The highest BCUT2D eigenvalue weighted by Crippen LogP contribution is 2.30. The van der Waals surface area contributed by atoms with E-state index in [1.807, 2.05) is 17.6 Å². The molecule has 0 saturated heterocycles. The molecule has 1 atom stereocenters. The lowest BCUT2D eigenvalue weighted by Gasteiger charge is -2.12. The highest BCUT2D eigenvalue weighted by atomic mass is 16.3. The molecule has 2 aromatic rings. The van der Waals surface area contributed by atoms with Gasteiger partial charge in [0.1, 0.15) is 0 Å². The van der Waals surface area contributed by atoms with Crippen molar-refractivity contribution in [3.8, 4) is 0 Å². The van der Waals surface area contributed by atoms with Crippen molar-refractivity contribution in [2.45, 2.75) is 45.1 Å². The topological polar surface area (TPSA) is 87.1 Å². The predicted octanol–water partition coefficient (Wildman–Crippen LogP) is 2.19. The maximum Gasteiger partial charge on any atom is 0.326 e. The fourth-order valence-electron chi connectivity index (χ4n) is 3.49. The highest BCUT2D eigenvalue weighted by Gasteiger charge is 2.21. The van der Waals surface area contributed by atoms with E-state index in [2.05, 4.69) is 10.3 Å². The summed E-state index contributed by atoms with van der Waals surface area (Å²) in [6.07, 6.45) is 5.07. The molecule has 1 aliphatic rings. The van der Waals surface area contributed by atoms with Crippen LogP contribution >= 0.6 is 0 Å². The fraction of sp³-hybridized carbons (Fsp3) is 0.556. The zero-order chi connectivity index (χ0) is 17.1. The molecule has 3 N–H and O–H groups in total. The molecule has 0 aliphatic heterocycles. The molecule has 1 unspecified atom stereocenters. The van der Waals surface area contributed by atoms with Crippen molar-refractivity contribution >= 4 is 16.9 Å². The molecule has 0 spiro atoms. The van der Waals surface area contributed by atoms with E-state index in [1.165, 1.54) is 0 Å². The number of H-pyrrole nitrogens is 1. The van der Waals surface area contributed by atoms with Crippen LogP contribution in [0.5, 0.6) is 0 Å². The maximum absolute atomic E-state index is 12.3. The molecule has 1 amide bonds. The molecule has 1 fully saturated rings. The van der Waals surface area contributed by atoms with Crippen molar-refractivity contribution in [2.75, 3.05) is 13.2 Å². The van der Waals surface area contributed by atoms with Gasteiger partial charge in [-0.15, -0.1) is 0 Å². The van der Waals surface area contributed by atoms with Crippen LogP contribution in [-0.4, -0.2) is 33.7 Å². The number of carbonyl (C=O) groups is 1. The molecule has 1 aromatic carbocycles. The number of aromatic amines is 1. The monoisotopic (exact) mass is 331 g/mol. The minimum absolute atomic E-state index is 0.0916. The van der Waals surface area contributed by atoms with Crippen molar-refractivity contribution in [1.29, 1.82) is 0 Å². The Kier molecular flexibility index (Phi) is 5.04. The third kappa shape index (κ3) is 3.38. The van der Waals surface area contributed by atoms with E-state index in [0.717, 1.165) is 31.2 Å². The Morgan fingerprint density at radius 2 is 2.17 bits per heavy atom. The average molecular weight is 331 g/mol. The zero-order valence-electron chi connectivity index (χ0n) is 14.0. The fourth-order valence-corrected chi connectivity index (χ4v) is 3.49. The van der Waals surface area contributed by atoms with E-state index in [-0.39, 0.29) is 30.2 Å². The van der Waals surface area contributed by atoms with Crippen LogP contribution in [0.3, 0.4) is 0 Å². The van der Waals surface area contributed by atoms with Gasteiger partial charge in [0.2, 0.25) is 0 Å². The molecule has 1 aromatic heterocycles. The average Bonchev–Trinajstić information content (AvgIpc) is 3.18. The number of aliphatic hydroxyl groups excluding tert-OH is 1. The Labute approximate surface area is 140 Å². The Morgan fingerprint density at radius 1 is 1.42 bits per heavy atom. The Morgan fingerprint density at radius 3 is 2.88 bits per heavy atom. The van der Waals surface area contributed by atoms with Crippen molar-refractivity contribution in [2.24, 2.45) is 5.92 Å². The molecule has 1 heterocycles. The molecule has 130 valence electrons. The number of aromatic nitrogens is 2. The summed E-state index contributed by atoms with van der Waals surface area (Å²) in [5.41, 5.74) is 2.03. The molecular formula is C18H25N3O3. The highest BCUT2D eigenvalue weighted by molar-refractivity contribution is 5.97. The minimum Gasteiger partial charge on any atom is -0.396 e. The van der Waals surface area contributed by atoms with Crippen LogP contribution in [0.25, 0.3) is 11.0 Å². The van der Waals surface area contributed by atoms with Crippen molar-refractivity contribution in [3.05, 3.63) is 34.2 Å². The summed E-state index contributed by atoms with van der Waals surface area (Å²) in [5, 5.41) is 11.8. The predicted molar refractivity (Wildman–Crippen MR) is 93.3 cm³/mol. The Hall–Kier alpha value is -2.08. The third-order valence-corrected chi connectivity index (χ3v) is 4.90. The van der Waals surface area contributed by atoms with E-state index in [1.54, 1.807) is 12.1 Å². The number of rotatable bonds is 6. The molecule has 0 radical (unpaired) electrons. The molecule has 24 heavy (non-hydrogen) atoms. The van der Waals surface area contributed by atoms with Gasteiger partial charge >= 0.3 is 5.69 Å². The van der Waals surface area contributed by atoms with Crippen LogP contribution in [0.1, 0.15) is 55.4 Å². The van der Waals surface area contributed by atoms with Crippen LogP contribution in [0.2, 0.25) is 0 Å². The van der Waals surface area contributed by atoms with Gasteiger partial charge in [0.05, 0.1) is 11.0 Å². The smallest absolute Gasteiger partial charge is 0.326 e. The number of hydrogen-bond acceptors (Lipinski definition) is 3. The molecule has 3 rings (SSSR count).